The molecule has 6 heteroatoms. The van der Waals surface area contributed by atoms with Crippen LogP contribution in [-0.4, -0.2) is 38.7 Å². The highest BCUT2D eigenvalue weighted by atomic mass is 16.2. The van der Waals surface area contributed by atoms with Gasteiger partial charge in [-0.15, -0.1) is 0 Å². The zero-order chi connectivity index (χ0) is 14.7. The standard InChI is InChI=1S/C15H19N5O/c16-13-6-4-5-12(9-13)15-17-11-20(18-15)10-14(21)19-7-2-1-3-8-19/h4-6,9,11H,1-3,7-8,10,16H2. The first kappa shape index (κ1) is 13.6. The number of piperidine rings is 1. The lowest BCUT2D eigenvalue weighted by molar-refractivity contribution is -0.132. The first-order chi connectivity index (χ1) is 10.2. The molecule has 3 rings (SSSR count). The molecule has 0 atom stereocenters. The average Bonchev–Trinajstić information content (AvgIpc) is 2.97. The molecule has 0 spiro atoms. The van der Waals surface area contributed by atoms with Crippen molar-refractivity contribution in [2.24, 2.45) is 0 Å². The first-order valence-electron chi connectivity index (χ1n) is 7.25. The number of rotatable bonds is 3. The second-order valence-electron chi connectivity index (χ2n) is 5.33. The largest absolute Gasteiger partial charge is 0.399 e. The zero-order valence-electron chi connectivity index (χ0n) is 11.9. The fourth-order valence-corrected chi connectivity index (χ4v) is 2.56. The van der Waals surface area contributed by atoms with E-state index in [-0.39, 0.29) is 12.5 Å². The molecule has 1 fully saturated rings. The number of nitrogen functional groups attached to an aromatic ring is 1. The number of amides is 1. The number of nitrogens with two attached hydrogens (primary N) is 1. The van der Waals surface area contributed by atoms with Crippen molar-refractivity contribution >= 4 is 11.6 Å². The Labute approximate surface area is 123 Å². The van der Waals surface area contributed by atoms with Crippen LogP contribution in [0.1, 0.15) is 19.3 Å². The van der Waals surface area contributed by atoms with E-state index in [4.69, 9.17) is 5.73 Å². The van der Waals surface area contributed by atoms with E-state index in [1.165, 1.54) is 6.42 Å². The highest BCUT2D eigenvalue weighted by molar-refractivity contribution is 5.76. The summed E-state index contributed by atoms with van der Waals surface area (Å²) in [6, 6.07) is 7.42. The van der Waals surface area contributed by atoms with E-state index in [0.29, 0.717) is 11.5 Å². The van der Waals surface area contributed by atoms with Gasteiger partial charge in [0.2, 0.25) is 5.91 Å². The van der Waals surface area contributed by atoms with Crippen LogP contribution >= 0.6 is 0 Å². The second kappa shape index (κ2) is 5.95. The molecule has 0 radical (unpaired) electrons. The van der Waals surface area contributed by atoms with Crippen LogP contribution in [0.5, 0.6) is 0 Å². The SMILES string of the molecule is Nc1cccc(-c2ncn(CC(=O)N3CCCCC3)n2)c1. The Morgan fingerprint density at radius 3 is 2.81 bits per heavy atom. The molecule has 2 aromatic rings. The summed E-state index contributed by atoms with van der Waals surface area (Å²) < 4.78 is 1.59. The quantitative estimate of drug-likeness (QED) is 0.868. The minimum absolute atomic E-state index is 0.110. The molecule has 1 aromatic heterocycles. The monoisotopic (exact) mass is 285 g/mol. The molecule has 2 heterocycles. The highest BCUT2D eigenvalue weighted by Crippen LogP contribution is 2.17. The molecule has 1 aromatic carbocycles. The number of benzene rings is 1. The van der Waals surface area contributed by atoms with E-state index in [0.717, 1.165) is 31.5 Å². The van der Waals surface area contributed by atoms with Gasteiger partial charge in [-0.2, -0.15) is 5.10 Å². The molecule has 2 N–H and O–H groups in total. The van der Waals surface area contributed by atoms with Gasteiger partial charge in [0.15, 0.2) is 5.82 Å². The fourth-order valence-electron chi connectivity index (χ4n) is 2.56. The van der Waals surface area contributed by atoms with Gasteiger partial charge in [-0.05, 0) is 31.4 Å². The van der Waals surface area contributed by atoms with E-state index in [1.54, 1.807) is 11.0 Å². The van der Waals surface area contributed by atoms with Crippen molar-refractivity contribution in [2.45, 2.75) is 25.8 Å². The van der Waals surface area contributed by atoms with Gasteiger partial charge < -0.3 is 10.6 Å². The normalized spacial score (nSPS) is 15.1. The molecule has 6 nitrogen and oxygen atoms in total. The molecular formula is C15H19N5O. The number of hydrogen-bond acceptors (Lipinski definition) is 4. The molecule has 1 aliphatic heterocycles. The van der Waals surface area contributed by atoms with Crippen LogP contribution in [0.25, 0.3) is 11.4 Å². The second-order valence-corrected chi connectivity index (χ2v) is 5.33. The summed E-state index contributed by atoms with van der Waals surface area (Å²) in [4.78, 5) is 18.3. The number of hydrogen-bond donors (Lipinski definition) is 1. The molecule has 0 aliphatic carbocycles. The number of carbonyl (C=O) groups excluding carboxylic acids is 1. The van der Waals surface area contributed by atoms with Gasteiger partial charge in [0.25, 0.3) is 0 Å². The topological polar surface area (TPSA) is 77.0 Å². The van der Waals surface area contributed by atoms with Gasteiger partial charge in [0.1, 0.15) is 12.9 Å². The van der Waals surface area contributed by atoms with Gasteiger partial charge in [-0.1, -0.05) is 12.1 Å². The minimum Gasteiger partial charge on any atom is -0.399 e. The maximum absolute atomic E-state index is 12.2. The van der Waals surface area contributed by atoms with Gasteiger partial charge in [0.05, 0.1) is 0 Å². The van der Waals surface area contributed by atoms with Crippen LogP contribution in [0.3, 0.4) is 0 Å². The lowest BCUT2D eigenvalue weighted by Crippen LogP contribution is -2.37. The lowest BCUT2D eigenvalue weighted by atomic mass is 10.1. The molecule has 1 amide bonds. The lowest BCUT2D eigenvalue weighted by Gasteiger charge is -2.26. The Morgan fingerprint density at radius 1 is 1.24 bits per heavy atom. The third kappa shape index (κ3) is 3.21. The Hall–Kier alpha value is -2.37. The van der Waals surface area contributed by atoms with Gasteiger partial charge in [-0.25, -0.2) is 9.67 Å². The third-order valence-electron chi connectivity index (χ3n) is 3.69. The van der Waals surface area contributed by atoms with Gasteiger partial charge in [0, 0.05) is 24.3 Å². The number of anilines is 1. The Kier molecular flexibility index (Phi) is 3.85. The molecular weight excluding hydrogens is 266 g/mol. The van der Waals surface area contributed by atoms with Crippen molar-refractivity contribution in [3.05, 3.63) is 30.6 Å². The van der Waals surface area contributed by atoms with Crippen LogP contribution in [-0.2, 0) is 11.3 Å². The summed E-state index contributed by atoms with van der Waals surface area (Å²) >= 11 is 0. The number of aromatic nitrogens is 3. The first-order valence-corrected chi connectivity index (χ1v) is 7.25. The number of nitrogens with zero attached hydrogens (tertiary/aromatic N) is 4. The van der Waals surface area contributed by atoms with Crippen molar-refractivity contribution in [1.82, 2.24) is 19.7 Å². The maximum Gasteiger partial charge on any atom is 0.244 e. The van der Waals surface area contributed by atoms with E-state index in [9.17, 15) is 4.79 Å². The Morgan fingerprint density at radius 2 is 2.05 bits per heavy atom. The molecule has 1 aliphatic rings. The van der Waals surface area contributed by atoms with E-state index < -0.39 is 0 Å². The van der Waals surface area contributed by atoms with Crippen molar-refractivity contribution < 1.29 is 4.79 Å². The van der Waals surface area contributed by atoms with Gasteiger partial charge >= 0.3 is 0 Å². The fraction of sp³-hybridized carbons (Fsp3) is 0.400. The number of likely N-dealkylation sites (tertiary alicyclic amines) is 1. The summed E-state index contributed by atoms with van der Waals surface area (Å²) in [7, 11) is 0. The van der Waals surface area contributed by atoms with E-state index >= 15 is 0 Å². The van der Waals surface area contributed by atoms with Crippen molar-refractivity contribution in [3.8, 4) is 11.4 Å². The summed E-state index contributed by atoms with van der Waals surface area (Å²) in [6.45, 7) is 1.96. The zero-order valence-corrected chi connectivity index (χ0v) is 11.9. The van der Waals surface area contributed by atoms with E-state index in [1.807, 2.05) is 29.2 Å². The van der Waals surface area contributed by atoms with Crippen LogP contribution < -0.4 is 5.73 Å². The minimum atomic E-state index is 0.110. The van der Waals surface area contributed by atoms with Crippen molar-refractivity contribution in [2.75, 3.05) is 18.8 Å². The van der Waals surface area contributed by atoms with Crippen LogP contribution in [0.4, 0.5) is 5.69 Å². The Bertz CT molecular complexity index is 630. The maximum atomic E-state index is 12.2. The highest BCUT2D eigenvalue weighted by Gasteiger charge is 2.17. The van der Waals surface area contributed by atoms with Crippen molar-refractivity contribution in [3.63, 3.8) is 0 Å². The summed E-state index contributed by atoms with van der Waals surface area (Å²) in [5.41, 5.74) is 7.29. The van der Waals surface area contributed by atoms with Gasteiger partial charge in [-0.3, -0.25) is 4.79 Å². The van der Waals surface area contributed by atoms with Crippen LogP contribution in [0, 0.1) is 0 Å². The number of carbonyl (C=O) groups is 1. The van der Waals surface area contributed by atoms with Crippen LogP contribution in [0.2, 0.25) is 0 Å². The van der Waals surface area contributed by atoms with Crippen LogP contribution in [0.15, 0.2) is 30.6 Å². The van der Waals surface area contributed by atoms with E-state index in [2.05, 4.69) is 10.1 Å². The third-order valence-corrected chi connectivity index (χ3v) is 3.69. The molecule has 21 heavy (non-hydrogen) atoms. The molecule has 0 bridgehead atoms. The molecule has 1 saturated heterocycles. The molecule has 0 saturated carbocycles. The summed E-state index contributed by atoms with van der Waals surface area (Å²) in [5, 5.41) is 4.36. The smallest absolute Gasteiger partial charge is 0.244 e. The average molecular weight is 285 g/mol. The molecule has 0 unspecified atom stereocenters. The Balaban J connectivity index is 1.69. The predicted octanol–water partition coefficient (Wildman–Crippen LogP) is 1.54. The predicted molar refractivity (Wildman–Crippen MR) is 80.3 cm³/mol. The summed E-state index contributed by atoms with van der Waals surface area (Å²) in [5.74, 6) is 0.701. The molecule has 110 valence electrons. The summed E-state index contributed by atoms with van der Waals surface area (Å²) in [6.07, 6.45) is 5.00. The van der Waals surface area contributed by atoms with Crippen molar-refractivity contribution in [1.29, 1.82) is 0 Å².